The molecule has 0 amide bonds. The predicted molar refractivity (Wildman–Crippen MR) is 126 cm³/mol. The third kappa shape index (κ3) is 4.12. The standard InChI is InChI=1S/C25H30N6/c1-2-20-13-8-9-17-30(20)18-10-16-26-25-27-22-15-7-6-14-21(22)24-28-23(29-31(24)25)19-11-4-3-5-12-19/h3-7,11-12,14-15,20H,2,8-10,13,16-18H2,1H3,(H,26,27)/t20-/m1/s1. The van der Waals surface area contributed by atoms with E-state index in [0.29, 0.717) is 0 Å². The van der Waals surface area contributed by atoms with Gasteiger partial charge in [-0.3, -0.25) is 0 Å². The Bertz CT molecular complexity index is 1150. The summed E-state index contributed by atoms with van der Waals surface area (Å²) in [6.07, 6.45) is 6.40. The van der Waals surface area contributed by atoms with Crippen LogP contribution in [0.3, 0.4) is 0 Å². The maximum Gasteiger partial charge on any atom is 0.226 e. The van der Waals surface area contributed by atoms with Gasteiger partial charge in [0.2, 0.25) is 5.95 Å². The van der Waals surface area contributed by atoms with Crippen molar-refractivity contribution in [1.82, 2.24) is 24.5 Å². The molecule has 5 rings (SSSR count). The van der Waals surface area contributed by atoms with Gasteiger partial charge in [0.15, 0.2) is 11.5 Å². The van der Waals surface area contributed by atoms with E-state index >= 15 is 0 Å². The summed E-state index contributed by atoms with van der Waals surface area (Å²) in [6.45, 7) is 5.55. The van der Waals surface area contributed by atoms with Crippen molar-refractivity contribution in [2.24, 2.45) is 0 Å². The van der Waals surface area contributed by atoms with Crippen LogP contribution >= 0.6 is 0 Å². The minimum absolute atomic E-state index is 0.723. The number of likely N-dealkylation sites (tertiary alicyclic amines) is 1. The highest BCUT2D eigenvalue weighted by Crippen LogP contribution is 2.24. The van der Waals surface area contributed by atoms with Crippen LogP contribution in [0.15, 0.2) is 54.6 Å². The molecule has 1 saturated heterocycles. The molecule has 160 valence electrons. The van der Waals surface area contributed by atoms with Gasteiger partial charge in [-0.25, -0.2) is 9.97 Å². The maximum absolute atomic E-state index is 4.86. The number of para-hydroxylation sites is 1. The van der Waals surface area contributed by atoms with Crippen LogP contribution in [0.25, 0.3) is 27.9 Å². The summed E-state index contributed by atoms with van der Waals surface area (Å²) in [4.78, 5) is 12.4. The topological polar surface area (TPSA) is 58.3 Å². The molecule has 6 nitrogen and oxygen atoms in total. The minimum atomic E-state index is 0.723. The molecule has 6 heteroatoms. The molecule has 0 aliphatic carbocycles. The monoisotopic (exact) mass is 414 g/mol. The predicted octanol–water partition coefficient (Wildman–Crippen LogP) is 5.01. The highest BCUT2D eigenvalue weighted by Gasteiger charge is 2.20. The summed E-state index contributed by atoms with van der Waals surface area (Å²) in [5.41, 5.74) is 2.79. The SMILES string of the molecule is CC[C@@H]1CCCCN1CCCNc1nc2ccccc2c2nc(-c3ccccc3)nn12. The van der Waals surface area contributed by atoms with Gasteiger partial charge in [-0.05, 0) is 44.4 Å². The Morgan fingerprint density at radius 2 is 1.84 bits per heavy atom. The quantitative estimate of drug-likeness (QED) is 0.431. The molecule has 0 bridgehead atoms. The Labute approximate surface area is 183 Å². The van der Waals surface area contributed by atoms with Crippen molar-refractivity contribution in [3.63, 3.8) is 0 Å². The van der Waals surface area contributed by atoms with Crippen molar-refractivity contribution in [3.05, 3.63) is 54.6 Å². The van der Waals surface area contributed by atoms with Crippen molar-refractivity contribution in [3.8, 4) is 11.4 Å². The van der Waals surface area contributed by atoms with Gasteiger partial charge < -0.3 is 10.2 Å². The van der Waals surface area contributed by atoms with Crippen molar-refractivity contribution in [2.75, 3.05) is 25.0 Å². The lowest BCUT2D eigenvalue weighted by Gasteiger charge is -2.35. The molecule has 0 unspecified atom stereocenters. The second-order valence-corrected chi connectivity index (χ2v) is 8.36. The van der Waals surface area contributed by atoms with E-state index in [-0.39, 0.29) is 0 Å². The number of fused-ring (bicyclic) bond motifs is 3. The first-order valence-corrected chi connectivity index (χ1v) is 11.5. The molecule has 1 aliphatic heterocycles. The Morgan fingerprint density at radius 1 is 1.00 bits per heavy atom. The zero-order valence-corrected chi connectivity index (χ0v) is 18.2. The molecule has 0 radical (unpaired) electrons. The lowest BCUT2D eigenvalue weighted by molar-refractivity contribution is 0.144. The molecule has 0 saturated carbocycles. The molecule has 0 spiro atoms. The Morgan fingerprint density at radius 3 is 2.71 bits per heavy atom. The highest BCUT2D eigenvalue weighted by atomic mass is 15.4. The van der Waals surface area contributed by atoms with Crippen molar-refractivity contribution in [1.29, 1.82) is 0 Å². The van der Waals surface area contributed by atoms with E-state index in [9.17, 15) is 0 Å². The van der Waals surface area contributed by atoms with Crippen LogP contribution in [0, 0.1) is 0 Å². The first-order valence-electron chi connectivity index (χ1n) is 11.5. The lowest BCUT2D eigenvalue weighted by Crippen LogP contribution is -2.40. The molecule has 4 aromatic rings. The number of anilines is 1. The number of nitrogens with one attached hydrogen (secondary N) is 1. The van der Waals surface area contributed by atoms with Gasteiger partial charge in [0.25, 0.3) is 0 Å². The van der Waals surface area contributed by atoms with Crippen LogP contribution in [-0.4, -0.2) is 50.2 Å². The summed E-state index contributed by atoms with van der Waals surface area (Å²) in [5.74, 6) is 1.48. The van der Waals surface area contributed by atoms with Crippen LogP contribution in [0.4, 0.5) is 5.95 Å². The van der Waals surface area contributed by atoms with Crippen molar-refractivity contribution >= 4 is 22.5 Å². The van der Waals surface area contributed by atoms with Gasteiger partial charge in [0, 0.05) is 30.1 Å². The van der Waals surface area contributed by atoms with E-state index < -0.39 is 0 Å². The highest BCUT2D eigenvalue weighted by molar-refractivity contribution is 5.92. The minimum Gasteiger partial charge on any atom is -0.354 e. The van der Waals surface area contributed by atoms with Gasteiger partial charge >= 0.3 is 0 Å². The number of benzene rings is 2. The number of aromatic nitrogens is 4. The van der Waals surface area contributed by atoms with Gasteiger partial charge in [-0.1, -0.05) is 55.8 Å². The van der Waals surface area contributed by atoms with Crippen LogP contribution in [0.2, 0.25) is 0 Å². The van der Waals surface area contributed by atoms with E-state index in [2.05, 4.69) is 23.2 Å². The zero-order chi connectivity index (χ0) is 21.0. The van der Waals surface area contributed by atoms with Crippen molar-refractivity contribution < 1.29 is 0 Å². The van der Waals surface area contributed by atoms with Crippen LogP contribution in [0.1, 0.15) is 39.0 Å². The smallest absolute Gasteiger partial charge is 0.226 e. The number of rotatable bonds is 7. The summed E-state index contributed by atoms with van der Waals surface area (Å²) >= 11 is 0. The molecule has 2 aromatic heterocycles. The Balaban J connectivity index is 1.39. The second kappa shape index (κ2) is 9.02. The average molecular weight is 415 g/mol. The molecule has 3 heterocycles. The fourth-order valence-corrected chi connectivity index (χ4v) is 4.68. The Hall–Kier alpha value is -2.99. The molecule has 1 aliphatic rings. The van der Waals surface area contributed by atoms with E-state index in [1.807, 2.05) is 53.0 Å². The fourth-order valence-electron chi connectivity index (χ4n) is 4.68. The summed E-state index contributed by atoms with van der Waals surface area (Å²) in [5, 5.41) is 9.35. The molecule has 1 atom stereocenters. The zero-order valence-electron chi connectivity index (χ0n) is 18.2. The summed E-state index contributed by atoms with van der Waals surface area (Å²) < 4.78 is 1.86. The largest absolute Gasteiger partial charge is 0.354 e. The molecule has 2 aromatic carbocycles. The van der Waals surface area contributed by atoms with Gasteiger partial charge in [-0.2, -0.15) is 4.52 Å². The van der Waals surface area contributed by atoms with E-state index in [1.165, 1.54) is 32.2 Å². The summed E-state index contributed by atoms with van der Waals surface area (Å²) in [7, 11) is 0. The Kier molecular flexibility index (Phi) is 5.80. The number of nitrogens with zero attached hydrogens (tertiary/aromatic N) is 5. The second-order valence-electron chi connectivity index (χ2n) is 8.36. The average Bonchev–Trinajstić information content (AvgIpc) is 3.29. The molecular formula is C25H30N6. The summed E-state index contributed by atoms with van der Waals surface area (Å²) in [6, 6.07) is 19.0. The number of hydrogen-bond acceptors (Lipinski definition) is 5. The number of piperidine rings is 1. The van der Waals surface area contributed by atoms with E-state index in [0.717, 1.165) is 59.4 Å². The van der Waals surface area contributed by atoms with Gasteiger partial charge in [0.05, 0.1) is 5.52 Å². The van der Waals surface area contributed by atoms with Gasteiger partial charge in [-0.15, -0.1) is 5.10 Å². The van der Waals surface area contributed by atoms with Gasteiger partial charge in [0.1, 0.15) is 0 Å². The molecule has 1 N–H and O–H groups in total. The van der Waals surface area contributed by atoms with E-state index in [4.69, 9.17) is 15.1 Å². The maximum atomic E-state index is 4.86. The molecular weight excluding hydrogens is 384 g/mol. The third-order valence-electron chi connectivity index (χ3n) is 6.34. The molecule has 31 heavy (non-hydrogen) atoms. The first kappa shape index (κ1) is 19.9. The lowest BCUT2D eigenvalue weighted by atomic mass is 10.00. The van der Waals surface area contributed by atoms with Crippen LogP contribution in [-0.2, 0) is 0 Å². The third-order valence-corrected chi connectivity index (χ3v) is 6.34. The normalized spacial score (nSPS) is 17.4. The first-order chi connectivity index (χ1) is 15.3. The fraction of sp³-hybridized carbons (Fsp3) is 0.400. The van der Waals surface area contributed by atoms with Crippen LogP contribution < -0.4 is 5.32 Å². The number of hydrogen-bond donors (Lipinski definition) is 1. The van der Waals surface area contributed by atoms with Crippen molar-refractivity contribution in [2.45, 2.75) is 45.1 Å². The van der Waals surface area contributed by atoms with E-state index in [1.54, 1.807) is 0 Å². The molecule has 1 fully saturated rings. The van der Waals surface area contributed by atoms with Crippen LogP contribution in [0.5, 0.6) is 0 Å².